The van der Waals surface area contributed by atoms with Crippen molar-refractivity contribution < 1.29 is 27.2 Å². The zero-order valence-electron chi connectivity index (χ0n) is 22.9. The minimum Gasteiger partial charge on any atom is -0.497 e. The van der Waals surface area contributed by atoms with E-state index in [2.05, 4.69) is 6.92 Å². The molecule has 0 radical (unpaired) electrons. The van der Waals surface area contributed by atoms with Crippen LogP contribution in [0.4, 0.5) is 0 Å². The highest BCUT2D eigenvalue weighted by atomic mass is 32.2. The first-order valence-electron chi connectivity index (χ1n) is 13.7. The van der Waals surface area contributed by atoms with Crippen LogP contribution in [0.15, 0.2) is 53.4 Å². The lowest BCUT2D eigenvalue weighted by atomic mass is 10.0. The van der Waals surface area contributed by atoms with Crippen molar-refractivity contribution in [3.8, 4) is 5.75 Å². The summed E-state index contributed by atoms with van der Waals surface area (Å²) in [4.78, 5) is 0.0793. The monoisotopic (exact) mass is 534 g/mol. The van der Waals surface area contributed by atoms with Gasteiger partial charge in [0, 0.05) is 0 Å². The molecule has 0 spiro atoms. The molecule has 208 valence electrons. The molecule has 2 aromatic carbocycles. The molecular formula is C30H46O6S. The number of hydrogen-bond acceptors (Lipinski definition) is 6. The minimum absolute atomic E-state index is 0.0793. The predicted octanol–water partition coefficient (Wildman–Crippen LogP) is 6.97. The van der Waals surface area contributed by atoms with E-state index in [4.69, 9.17) is 13.7 Å². The fourth-order valence-electron chi connectivity index (χ4n) is 4.18. The molecule has 0 aliphatic heterocycles. The van der Waals surface area contributed by atoms with Crippen molar-refractivity contribution in [2.45, 2.75) is 108 Å². The number of hydrogen-bond donors (Lipinski definition) is 1. The van der Waals surface area contributed by atoms with Crippen LogP contribution in [-0.2, 0) is 25.6 Å². The third-order valence-corrected chi connectivity index (χ3v) is 7.89. The molecule has 0 aromatic heterocycles. The second kappa shape index (κ2) is 17.6. The third-order valence-electron chi connectivity index (χ3n) is 6.60. The van der Waals surface area contributed by atoms with Crippen LogP contribution in [0.3, 0.4) is 0 Å². The van der Waals surface area contributed by atoms with Gasteiger partial charge in [0.15, 0.2) is 0 Å². The maximum absolute atomic E-state index is 12.6. The van der Waals surface area contributed by atoms with E-state index in [1.165, 1.54) is 57.1 Å². The summed E-state index contributed by atoms with van der Waals surface area (Å²) in [5.41, 5.74) is 1.91. The lowest BCUT2D eigenvalue weighted by Crippen LogP contribution is -2.34. The van der Waals surface area contributed by atoms with Crippen molar-refractivity contribution in [1.82, 2.24) is 0 Å². The van der Waals surface area contributed by atoms with Gasteiger partial charge in [0.2, 0.25) is 0 Å². The second-order valence-electron chi connectivity index (χ2n) is 9.79. The molecule has 0 saturated carbocycles. The Bertz CT molecular complexity index is 957. The highest BCUT2D eigenvalue weighted by molar-refractivity contribution is 7.86. The Morgan fingerprint density at radius 2 is 1.38 bits per heavy atom. The quantitative estimate of drug-likeness (QED) is 0.146. The normalized spacial score (nSPS) is 13.4. The number of methoxy groups -OCH3 is 1. The summed E-state index contributed by atoms with van der Waals surface area (Å²) >= 11 is 0. The summed E-state index contributed by atoms with van der Waals surface area (Å²) in [5, 5.41) is 10.8. The van der Waals surface area contributed by atoms with E-state index in [1.54, 1.807) is 19.2 Å². The van der Waals surface area contributed by atoms with Crippen LogP contribution in [-0.4, -0.2) is 39.4 Å². The number of rotatable bonds is 20. The molecule has 0 fully saturated rings. The van der Waals surface area contributed by atoms with E-state index in [0.29, 0.717) is 13.0 Å². The molecule has 2 atom stereocenters. The van der Waals surface area contributed by atoms with E-state index >= 15 is 0 Å². The summed E-state index contributed by atoms with van der Waals surface area (Å²) in [6.07, 6.45) is 11.3. The molecule has 0 unspecified atom stereocenters. The van der Waals surface area contributed by atoms with Crippen molar-refractivity contribution in [3.63, 3.8) is 0 Å². The highest BCUT2D eigenvalue weighted by Gasteiger charge is 2.24. The van der Waals surface area contributed by atoms with E-state index in [9.17, 15) is 13.5 Å². The first kappa shape index (κ1) is 31.3. The SMILES string of the molecule is CCCCCCCCCCCC[C@H](OCc1ccc(OC)cc1)[C@@H](O)COS(=O)(=O)c1ccc(C)cc1. The van der Waals surface area contributed by atoms with Gasteiger partial charge < -0.3 is 14.6 Å². The first-order valence-corrected chi connectivity index (χ1v) is 15.1. The minimum atomic E-state index is -3.95. The number of aliphatic hydroxyl groups is 1. The van der Waals surface area contributed by atoms with Crippen LogP contribution >= 0.6 is 0 Å². The number of aryl methyl sites for hydroxylation is 1. The average Bonchev–Trinajstić information content (AvgIpc) is 2.90. The Morgan fingerprint density at radius 1 is 0.811 bits per heavy atom. The summed E-state index contributed by atoms with van der Waals surface area (Å²) < 4.78 is 41.6. The molecule has 6 nitrogen and oxygen atoms in total. The van der Waals surface area contributed by atoms with Gasteiger partial charge in [-0.2, -0.15) is 8.42 Å². The number of benzene rings is 2. The smallest absolute Gasteiger partial charge is 0.297 e. The van der Waals surface area contributed by atoms with Gasteiger partial charge in [0.1, 0.15) is 11.9 Å². The van der Waals surface area contributed by atoms with Gasteiger partial charge >= 0.3 is 0 Å². The summed E-state index contributed by atoms with van der Waals surface area (Å²) in [6.45, 7) is 4.09. The number of unbranched alkanes of at least 4 members (excludes halogenated alkanes) is 9. The Labute approximate surface area is 224 Å². The third kappa shape index (κ3) is 12.4. The molecule has 1 N–H and O–H groups in total. The standard InChI is InChI=1S/C30H46O6S/c1-4-5-6-7-8-9-10-11-12-13-14-30(35-23-26-17-19-27(34-3)20-18-26)29(31)24-36-37(32,33)28-21-15-25(2)16-22-28/h15-22,29-31H,4-14,23-24H2,1-3H3/t29-,30-/m0/s1. The number of aliphatic hydroxyl groups excluding tert-OH is 1. The average molecular weight is 535 g/mol. The van der Waals surface area contributed by atoms with E-state index in [1.807, 2.05) is 31.2 Å². The molecule has 0 saturated heterocycles. The van der Waals surface area contributed by atoms with Gasteiger partial charge in [0.25, 0.3) is 10.1 Å². The lowest BCUT2D eigenvalue weighted by Gasteiger charge is -2.23. The van der Waals surface area contributed by atoms with Crippen LogP contribution < -0.4 is 4.74 Å². The Kier molecular flexibility index (Phi) is 14.8. The number of ether oxygens (including phenoxy) is 2. The molecule has 2 rings (SSSR count). The van der Waals surface area contributed by atoms with E-state index in [0.717, 1.165) is 36.1 Å². The fourth-order valence-corrected chi connectivity index (χ4v) is 5.11. The first-order chi connectivity index (χ1) is 17.9. The largest absolute Gasteiger partial charge is 0.497 e. The van der Waals surface area contributed by atoms with Crippen LogP contribution in [0, 0.1) is 6.92 Å². The second-order valence-corrected chi connectivity index (χ2v) is 11.4. The molecule has 0 aliphatic rings. The van der Waals surface area contributed by atoms with Crippen LogP contribution in [0.5, 0.6) is 5.75 Å². The van der Waals surface area contributed by atoms with Gasteiger partial charge in [-0.15, -0.1) is 0 Å². The van der Waals surface area contributed by atoms with Crippen LogP contribution in [0.1, 0.15) is 88.7 Å². The van der Waals surface area contributed by atoms with E-state index < -0.39 is 22.3 Å². The van der Waals surface area contributed by atoms with Crippen LogP contribution in [0.25, 0.3) is 0 Å². The van der Waals surface area contributed by atoms with E-state index in [-0.39, 0.29) is 11.5 Å². The molecule has 2 aromatic rings. The predicted molar refractivity (Wildman–Crippen MR) is 148 cm³/mol. The maximum atomic E-state index is 12.6. The zero-order valence-corrected chi connectivity index (χ0v) is 23.7. The molecule has 7 heteroatoms. The van der Waals surface area contributed by atoms with Crippen molar-refractivity contribution in [2.75, 3.05) is 13.7 Å². The Balaban J connectivity index is 1.85. The summed E-state index contributed by atoms with van der Waals surface area (Å²) in [6, 6.07) is 14.0. The topological polar surface area (TPSA) is 82.1 Å². The molecule has 0 bridgehead atoms. The zero-order chi connectivity index (χ0) is 26.9. The summed E-state index contributed by atoms with van der Waals surface area (Å²) in [5.74, 6) is 0.764. The fraction of sp³-hybridized carbons (Fsp3) is 0.600. The Morgan fingerprint density at radius 3 is 1.95 bits per heavy atom. The van der Waals surface area contributed by atoms with Crippen molar-refractivity contribution in [1.29, 1.82) is 0 Å². The highest BCUT2D eigenvalue weighted by Crippen LogP contribution is 2.19. The van der Waals surface area contributed by atoms with Crippen molar-refractivity contribution in [3.05, 3.63) is 59.7 Å². The summed E-state index contributed by atoms with van der Waals surface area (Å²) in [7, 11) is -2.33. The van der Waals surface area contributed by atoms with Crippen molar-refractivity contribution >= 4 is 10.1 Å². The molecule has 37 heavy (non-hydrogen) atoms. The molecule has 0 amide bonds. The van der Waals surface area contributed by atoms with Gasteiger partial charge in [0.05, 0.1) is 31.3 Å². The lowest BCUT2D eigenvalue weighted by molar-refractivity contribution is -0.0647. The van der Waals surface area contributed by atoms with Gasteiger partial charge in [-0.3, -0.25) is 4.18 Å². The maximum Gasteiger partial charge on any atom is 0.297 e. The Hall–Kier alpha value is -1.93. The van der Waals surface area contributed by atoms with Gasteiger partial charge in [-0.05, 0) is 43.2 Å². The molecule has 0 heterocycles. The molecular weight excluding hydrogens is 488 g/mol. The van der Waals surface area contributed by atoms with Gasteiger partial charge in [-0.25, -0.2) is 0 Å². The van der Waals surface area contributed by atoms with Crippen LogP contribution in [0.2, 0.25) is 0 Å². The molecule has 0 aliphatic carbocycles. The van der Waals surface area contributed by atoms with Crippen molar-refractivity contribution in [2.24, 2.45) is 0 Å². The van der Waals surface area contributed by atoms with Gasteiger partial charge in [-0.1, -0.05) is 101 Å².